The van der Waals surface area contributed by atoms with Crippen LogP contribution in [0.15, 0.2) is 18.2 Å². The number of quaternary nitrogens is 1. The van der Waals surface area contributed by atoms with Gasteiger partial charge in [0.15, 0.2) is 0 Å². The van der Waals surface area contributed by atoms with E-state index >= 15 is 0 Å². The van der Waals surface area contributed by atoms with Crippen molar-refractivity contribution in [3.8, 4) is 0 Å². The number of rotatable bonds is 7. The minimum atomic E-state index is -1.08. The molecule has 0 heterocycles. The van der Waals surface area contributed by atoms with Gasteiger partial charge in [0.25, 0.3) is 0 Å². The Morgan fingerprint density at radius 1 is 1.22 bits per heavy atom. The van der Waals surface area contributed by atoms with Gasteiger partial charge in [-0.05, 0) is 18.9 Å². The Labute approximate surface area is 109 Å². The third-order valence-electron chi connectivity index (χ3n) is 3.17. The van der Waals surface area contributed by atoms with Gasteiger partial charge in [-0.15, -0.1) is 0 Å². The molecule has 3 heteroatoms. The molecular weight excluding hydrogens is 226 g/mol. The molecule has 0 aliphatic carbocycles. The Bertz CT molecular complexity index is 399. The van der Waals surface area contributed by atoms with Gasteiger partial charge < -0.3 is 14.8 Å². The Morgan fingerprint density at radius 2 is 1.94 bits per heavy atom. The van der Waals surface area contributed by atoms with E-state index in [4.69, 9.17) is 0 Å². The Morgan fingerprint density at radius 3 is 2.50 bits per heavy atom. The number of aryl methyl sites for hydroxylation is 1. The summed E-state index contributed by atoms with van der Waals surface area (Å²) in [5.41, 5.74) is 2.32. The zero-order chi connectivity index (χ0) is 13.5. The number of carboxylic acid groups (broad SMARTS) is 1. The van der Waals surface area contributed by atoms with E-state index in [9.17, 15) is 9.90 Å². The van der Waals surface area contributed by atoms with Crippen molar-refractivity contribution in [1.29, 1.82) is 0 Å². The Kier molecular flexibility index (Phi) is 5.86. The molecule has 18 heavy (non-hydrogen) atoms. The quantitative estimate of drug-likeness (QED) is 0.731. The molecule has 0 aliphatic rings. The SMILES string of the molecule is CCCCCCc1cccc(C(=O)[O-])c1[NH+](C)C. The molecule has 1 aromatic rings. The molecule has 0 amide bonds. The summed E-state index contributed by atoms with van der Waals surface area (Å²) >= 11 is 0. The molecule has 1 rings (SSSR count). The number of benzene rings is 1. The van der Waals surface area contributed by atoms with Gasteiger partial charge in [0.1, 0.15) is 5.69 Å². The fourth-order valence-corrected chi connectivity index (χ4v) is 2.31. The first-order chi connectivity index (χ1) is 8.57. The first kappa shape index (κ1) is 14.7. The lowest BCUT2D eigenvalue weighted by Gasteiger charge is -2.17. The number of hydrogen-bond donors (Lipinski definition) is 1. The second kappa shape index (κ2) is 7.17. The summed E-state index contributed by atoms with van der Waals surface area (Å²) in [4.78, 5) is 12.2. The molecule has 0 saturated carbocycles. The first-order valence-corrected chi connectivity index (χ1v) is 6.71. The van der Waals surface area contributed by atoms with E-state index in [2.05, 4.69) is 6.92 Å². The predicted molar refractivity (Wildman–Crippen MR) is 71.1 cm³/mol. The van der Waals surface area contributed by atoms with Crippen LogP contribution >= 0.6 is 0 Å². The second-order valence-corrected chi connectivity index (χ2v) is 4.94. The average molecular weight is 249 g/mol. The van der Waals surface area contributed by atoms with Gasteiger partial charge in [-0.2, -0.15) is 0 Å². The van der Waals surface area contributed by atoms with Crippen LogP contribution in [0.5, 0.6) is 0 Å². The molecule has 3 nitrogen and oxygen atoms in total. The molecule has 0 bridgehead atoms. The van der Waals surface area contributed by atoms with E-state index in [-0.39, 0.29) is 0 Å². The van der Waals surface area contributed by atoms with Crippen LogP contribution in [0.25, 0.3) is 0 Å². The third kappa shape index (κ3) is 3.84. The topological polar surface area (TPSA) is 44.6 Å². The van der Waals surface area contributed by atoms with Crippen molar-refractivity contribution in [2.75, 3.05) is 14.1 Å². The van der Waals surface area contributed by atoms with Crippen LogP contribution < -0.4 is 10.0 Å². The number of carbonyl (C=O) groups excluding carboxylic acids is 1. The molecule has 0 spiro atoms. The summed E-state index contributed by atoms with van der Waals surface area (Å²) in [6, 6.07) is 5.47. The zero-order valence-electron chi connectivity index (χ0n) is 11.6. The fourth-order valence-electron chi connectivity index (χ4n) is 2.31. The molecule has 0 radical (unpaired) electrons. The standard InChI is InChI=1S/C15H23NO2/c1-4-5-6-7-9-12-10-8-11-13(15(17)18)14(12)16(2)3/h8,10-11H,4-7,9H2,1-3H3,(H,17,18). The van der Waals surface area contributed by atoms with Crippen LogP contribution in [0.2, 0.25) is 0 Å². The molecule has 0 fully saturated rings. The van der Waals surface area contributed by atoms with Gasteiger partial charge >= 0.3 is 0 Å². The van der Waals surface area contributed by atoms with Crippen molar-refractivity contribution in [2.24, 2.45) is 0 Å². The summed E-state index contributed by atoms with van der Waals surface area (Å²) in [6.45, 7) is 2.19. The summed E-state index contributed by atoms with van der Waals surface area (Å²) < 4.78 is 0. The van der Waals surface area contributed by atoms with Crippen LogP contribution in [-0.4, -0.2) is 20.1 Å². The maximum Gasteiger partial charge on any atom is 0.143 e. The summed E-state index contributed by atoms with van der Waals surface area (Å²) in [5.74, 6) is -1.08. The van der Waals surface area contributed by atoms with Gasteiger partial charge in [0.05, 0.1) is 25.6 Å². The molecule has 1 N–H and O–H groups in total. The van der Waals surface area contributed by atoms with Crippen LogP contribution in [-0.2, 0) is 6.42 Å². The lowest BCUT2D eigenvalue weighted by atomic mass is 10.0. The summed E-state index contributed by atoms with van der Waals surface area (Å²) in [5, 5.41) is 11.1. The largest absolute Gasteiger partial charge is 0.545 e. The van der Waals surface area contributed by atoms with Crippen LogP contribution in [0, 0.1) is 0 Å². The van der Waals surface area contributed by atoms with E-state index < -0.39 is 5.97 Å². The number of nitrogens with one attached hydrogen (secondary N) is 1. The minimum absolute atomic E-state index is 0.322. The van der Waals surface area contributed by atoms with Crippen molar-refractivity contribution in [2.45, 2.75) is 39.0 Å². The van der Waals surface area contributed by atoms with E-state index in [0.29, 0.717) is 5.56 Å². The molecule has 0 aliphatic heterocycles. The van der Waals surface area contributed by atoms with E-state index in [1.54, 1.807) is 6.07 Å². The van der Waals surface area contributed by atoms with Gasteiger partial charge in [-0.25, -0.2) is 0 Å². The maximum atomic E-state index is 11.1. The monoisotopic (exact) mass is 249 g/mol. The molecule has 1 aromatic carbocycles. The zero-order valence-corrected chi connectivity index (χ0v) is 11.6. The number of carbonyl (C=O) groups is 1. The summed E-state index contributed by atoms with van der Waals surface area (Å²) in [7, 11) is 3.91. The lowest BCUT2D eigenvalue weighted by molar-refractivity contribution is -0.787. The van der Waals surface area contributed by atoms with E-state index in [0.717, 1.165) is 29.0 Å². The van der Waals surface area contributed by atoms with Gasteiger partial charge in [-0.3, -0.25) is 0 Å². The normalized spacial score (nSPS) is 10.9. The molecule has 0 atom stereocenters. The van der Waals surface area contributed by atoms with Crippen molar-refractivity contribution < 1.29 is 14.8 Å². The van der Waals surface area contributed by atoms with Crippen LogP contribution in [0.4, 0.5) is 5.69 Å². The molecule has 0 aromatic heterocycles. The van der Waals surface area contributed by atoms with E-state index in [1.807, 2.05) is 26.2 Å². The van der Waals surface area contributed by atoms with Crippen LogP contribution in [0.1, 0.15) is 48.5 Å². The highest BCUT2D eigenvalue weighted by atomic mass is 16.4. The average Bonchev–Trinajstić information content (AvgIpc) is 2.33. The first-order valence-electron chi connectivity index (χ1n) is 6.71. The van der Waals surface area contributed by atoms with Crippen molar-refractivity contribution in [3.05, 3.63) is 29.3 Å². The fraction of sp³-hybridized carbons (Fsp3) is 0.533. The highest BCUT2D eigenvalue weighted by Crippen LogP contribution is 2.19. The van der Waals surface area contributed by atoms with Crippen LogP contribution in [0.3, 0.4) is 0 Å². The Balaban J connectivity index is 2.89. The molecule has 0 saturated heterocycles. The number of unbranched alkanes of at least 4 members (excludes halogenated alkanes) is 3. The molecule has 100 valence electrons. The van der Waals surface area contributed by atoms with Gasteiger partial charge in [-0.1, -0.05) is 38.3 Å². The number of aromatic carboxylic acids is 1. The lowest BCUT2D eigenvalue weighted by Crippen LogP contribution is -3.01. The number of hydrogen-bond acceptors (Lipinski definition) is 2. The third-order valence-corrected chi connectivity index (χ3v) is 3.17. The summed E-state index contributed by atoms with van der Waals surface area (Å²) in [6.07, 6.45) is 5.72. The smallest absolute Gasteiger partial charge is 0.143 e. The second-order valence-electron chi connectivity index (χ2n) is 4.94. The number of para-hydroxylation sites is 1. The highest BCUT2D eigenvalue weighted by Gasteiger charge is 2.15. The van der Waals surface area contributed by atoms with Crippen molar-refractivity contribution in [3.63, 3.8) is 0 Å². The van der Waals surface area contributed by atoms with Gasteiger partial charge in [0.2, 0.25) is 0 Å². The number of carboxylic acids is 1. The molecule has 0 unspecified atom stereocenters. The van der Waals surface area contributed by atoms with Crippen molar-refractivity contribution in [1.82, 2.24) is 0 Å². The maximum absolute atomic E-state index is 11.1. The Hall–Kier alpha value is -1.35. The molecular formula is C15H23NO2. The van der Waals surface area contributed by atoms with Gasteiger partial charge in [0, 0.05) is 5.56 Å². The van der Waals surface area contributed by atoms with E-state index in [1.165, 1.54) is 19.3 Å². The predicted octanol–water partition coefficient (Wildman–Crippen LogP) is 0.949. The highest BCUT2D eigenvalue weighted by molar-refractivity contribution is 5.91. The van der Waals surface area contributed by atoms with Crippen molar-refractivity contribution >= 4 is 11.7 Å². The minimum Gasteiger partial charge on any atom is -0.545 e.